The lowest BCUT2D eigenvalue weighted by Gasteiger charge is -2.27. The topological polar surface area (TPSA) is 46.2 Å². The predicted molar refractivity (Wildman–Crippen MR) is 92.3 cm³/mol. The zero-order chi connectivity index (χ0) is 15.4. The highest BCUT2D eigenvalue weighted by atomic mass is 32.1. The number of fused-ring (bicyclic) bond motifs is 1. The van der Waals surface area contributed by atoms with Gasteiger partial charge in [0, 0.05) is 6.07 Å². The molecule has 1 aliphatic carbocycles. The summed E-state index contributed by atoms with van der Waals surface area (Å²) >= 11 is 5.43. The Balaban J connectivity index is 1.65. The Hall–Kier alpha value is -2.14. The first-order valence-electron chi connectivity index (χ1n) is 7.41. The molecular weight excluding hydrogens is 294 g/mol. The fourth-order valence-corrected chi connectivity index (χ4v) is 3.06. The summed E-state index contributed by atoms with van der Waals surface area (Å²) in [4.78, 5) is 4.16. The van der Waals surface area contributed by atoms with Crippen molar-refractivity contribution in [2.75, 3.05) is 12.4 Å². The smallest absolute Gasteiger partial charge is 0.213 e. The van der Waals surface area contributed by atoms with Crippen molar-refractivity contribution < 1.29 is 4.74 Å². The van der Waals surface area contributed by atoms with Crippen molar-refractivity contribution >= 4 is 23.0 Å². The maximum Gasteiger partial charge on any atom is 0.213 e. The van der Waals surface area contributed by atoms with Gasteiger partial charge in [-0.2, -0.15) is 0 Å². The quantitative estimate of drug-likeness (QED) is 0.850. The molecule has 1 aromatic heterocycles. The van der Waals surface area contributed by atoms with Gasteiger partial charge in [-0.3, -0.25) is 0 Å². The molecule has 0 aliphatic heterocycles. The number of pyridine rings is 1. The van der Waals surface area contributed by atoms with E-state index in [0.29, 0.717) is 11.0 Å². The first kappa shape index (κ1) is 14.8. The third-order valence-electron chi connectivity index (χ3n) is 3.88. The number of aromatic nitrogens is 1. The van der Waals surface area contributed by atoms with E-state index in [0.717, 1.165) is 18.5 Å². The Labute approximate surface area is 135 Å². The zero-order valence-corrected chi connectivity index (χ0v) is 13.3. The Kier molecular flexibility index (Phi) is 4.53. The Morgan fingerprint density at radius 2 is 2.14 bits per heavy atom. The van der Waals surface area contributed by atoms with E-state index >= 15 is 0 Å². The molecular formula is C17H19N3OS. The molecule has 0 amide bonds. The van der Waals surface area contributed by atoms with Crippen LogP contribution in [0, 0.1) is 0 Å². The molecule has 0 saturated heterocycles. The molecule has 0 fully saturated rings. The second kappa shape index (κ2) is 6.75. The van der Waals surface area contributed by atoms with Crippen LogP contribution in [0.3, 0.4) is 0 Å². The summed E-state index contributed by atoms with van der Waals surface area (Å²) in [5.41, 5.74) is 3.62. The van der Waals surface area contributed by atoms with Crippen LogP contribution in [0.15, 0.2) is 42.6 Å². The Morgan fingerprint density at radius 1 is 1.27 bits per heavy atom. The van der Waals surface area contributed by atoms with Crippen molar-refractivity contribution in [2.45, 2.75) is 25.3 Å². The highest BCUT2D eigenvalue weighted by Gasteiger charge is 2.20. The molecule has 2 N–H and O–H groups in total. The van der Waals surface area contributed by atoms with Crippen LogP contribution in [0.4, 0.5) is 5.69 Å². The highest BCUT2D eigenvalue weighted by molar-refractivity contribution is 7.80. The summed E-state index contributed by atoms with van der Waals surface area (Å²) in [6.07, 6.45) is 5.14. The van der Waals surface area contributed by atoms with E-state index in [2.05, 4.69) is 39.9 Å². The minimum absolute atomic E-state index is 0.274. The van der Waals surface area contributed by atoms with Gasteiger partial charge in [-0.05, 0) is 48.7 Å². The lowest BCUT2D eigenvalue weighted by atomic mass is 9.88. The number of thiocarbonyl (C=S) groups is 1. The van der Waals surface area contributed by atoms with E-state index in [1.807, 2.05) is 6.07 Å². The van der Waals surface area contributed by atoms with Crippen molar-refractivity contribution in [2.24, 2.45) is 0 Å². The van der Waals surface area contributed by atoms with Crippen LogP contribution in [0.25, 0.3) is 0 Å². The molecule has 1 atom stereocenters. The first-order valence-corrected chi connectivity index (χ1v) is 7.82. The number of nitrogens with one attached hydrogen (secondary N) is 2. The number of benzene rings is 1. The van der Waals surface area contributed by atoms with Gasteiger partial charge < -0.3 is 15.4 Å². The molecule has 114 valence electrons. The second-order valence-corrected chi connectivity index (χ2v) is 5.74. The van der Waals surface area contributed by atoms with Gasteiger partial charge in [-0.15, -0.1) is 0 Å². The minimum atomic E-state index is 0.274. The van der Waals surface area contributed by atoms with Gasteiger partial charge in [-0.25, -0.2) is 4.98 Å². The summed E-state index contributed by atoms with van der Waals surface area (Å²) < 4.78 is 5.05. The lowest BCUT2D eigenvalue weighted by molar-refractivity contribution is 0.398. The second-order valence-electron chi connectivity index (χ2n) is 5.33. The van der Waals surface area contributed by atoms with Gasteiger partial charge >= 0.3 is 0 Å². The SMILES string of the molecule is COc1ccc(NC(=S)NC2CCCc3ccccc32)cn1. The normalized spacial score (nSPS) is 16.5. The van der Waals surface area contributed by atoms with Crippen LogP contribution in [0.1, 0.15) is 30.0 Å². The molecule has 1 heterocycles. The number of anilines is 1. The van der Waals surface area contributed by atoms with Gasteiger partial charge in [0.05, 0.1) is 25.0 Å². The average molecular weight is 313 g/mol. The molecule has 5 heteroatoms. The largest absolute Gasteiger partial charge is 0.481 e. The molecule has 22 heavy (non-hydrogen) atoms. The predicted octanol–water partition coefficient (Wildman–Crippen LogP) is 3.45. The van der Waals surface area contributed by atoms with Crippen molar-refractivity contribution in [3.05, 3.63) is 53.7 Å². The first-order chi connectivity index (χ1) is 10.8. The van der Waals surface area contributed by atoms with Gasteiger partial charge in [0.25, 0.3) is 0 Å². The number of aryl methyl sites for hydroxylation is 1. The summed E-state index contributed by atoms with van der Waals surface area (Å²) in [7, 11) is 1.60. The number of hydrogen-bond donors (Lipinski definition) is 2. The molecule has 0 spiro atoms. The fraction of sp³-hybridized carbons (Fsp3) is 0.294. The van der Waals surface area contributed by atoms with Crippen LogP contribution >= 0.6 is 12.2 Å². The fourth-order valence-electron chi connectivity index (χ4n) is 2.80. The average Bonchev–Trinajstić information content (AvgIpc) is 2.56. The molecule has 0 bridgehead atoms. The van der Waals surface area contributed by atoms with Crippen LogP contribution < -0.4 is 15.4 Å². The monoisotopic (exact) mass is 313 g/mol. The third kappa shape index (κ3) is 3.36. The third-order valence-corrected chi connectivity index (χ3v) is 4.10. The molecule has 0 radical (unpaired) electrons. The van der Waals surface area contributed by atoms with Crippen LogP contribution in [0.2, 0.25) is 0 Å². The summed E-state index contributed by atoms with van der Waals surface area (Å²) in [6.45, 7) is 0. The number of methoxy groups -OCH3 is 1. The van der Waals surface area contributed by atoms with E-state index in [-0.39, 0.29) is 6.04 Å². The molecule has 1 aliphatic rings. The summed E-state index contributed by atoms with van der Waals surface area (Å²) in [5, 5.41) is 7.21. The number of ether oxygens (including phenoxy) is 1. The van der Waals surface area contributed by atoms with E-state index in [1.54, 1.807) is 19.4 Å². The van der Waals surface area contributed by atoms with E-state index < -0.39 is 0 Å². The molecule has 1 aromatic carbocycles. The van der Waals surface area contributed by atoms with E-state index in [4.69, 9.17) is 17.0 Å². The Bertz CT molecular complexity index is 657. The number of hydrogen-bond acceptors (Lipinski definition) is 3. The van der Waals surface area contributed by atoms with Crippen molar-refractivity contribution in [3.63, 3.8) is 0 Å². The Morgan fingerprint density at radius 3 is 2.91 bits per heavy atom. The van der Waals surface area contributed by atoms with Gasteiger partial charge in [0.15, 0.2) is 5.11 Å². The van der Waals surface area contributed by atoms with Gasteiger partial charge in [0.1, 0.15) is 0 Å². The number of rotatable bonds is 3. The van der Waals surface area contributed by atoms with Crippen molar-refractivity contribution in [1.82, 2.24) is 10.3 Å². The molecule has 4 nitrogen and oxygen atoms in total. The van der Waals surface area contributed by atoms with Crippen molar-refractivity contribution in [1.29, 1.82) is 0 Å². The molecule has 2 aromatic rings. The van der Waals surface area contributed by atoms with E-state index in [1.165, 1.54) is 17.5 Å². The summed E-state index contributed by atoms with van der Waals surface area (Å²) in [5.74, 6) is 0.589. The standard InChI is InChI=1S/C17H19N3OS/c1-21-16-10-9-13(11-18-16)19-17(22)20-15-8-4-6-12-5-2-3-7-14(12)15/h2-3,5,7,9-11,15H,4,6,8H2,1H3,(H2,19,20,22). The summed E-state index contributed by atoms with van der Waals surface area (Å²) in [6, 6.07) is 12.5. The maximum absolute atomic E-state index is 5.43. The van der Waals surface area contributed by atoms with Crippen LogP contribution in [0.5, 0.6) is 5.88 Å². The minimum Gasteiger partial charge on any atom is -0.481 e. The van der Waals surface area contributed by atoms with Crippen LogP contribution in [-0.2, 0) is 6.42 Å². The molecule has 0 saturated carbocycles. The zero-order valence-electron chi connectivity index (χ0n) is 12.5. The molecule has 1 unspecified atom stereocenters. The highest BCUT2D eigenvalue weighted by Crippen LogP contribution is 2.29. The van der Waals surface area contributed by atoms with Crippen molar-refractivity contribution in [3.8, 4) is 5.88 Å². The van der Waals surface area contributed by atoms with Gasteiger partial charge in [-0.1, -0.05) is 24.3 Å². The maximum atomic E-state index is 5.43. The van der Waals surface area contributed by atoms with Crippen LogP contribution in [-0.4, -0.2) is 17.2 Å². The van der Waals surface area contributed by atoms with Gasteiger partial charge in [0.2, 0.25) is 5.88 Å². The van der Waals surface area contributed by atoms with E-state index in [9.17, 15) is 0 Å². The lowest BCUT2D eigenvalue weighted by Crippen LogP contribution is -2.34. The molecule has 3 rings (SSSR count). The number of nitrogens with zero attached hydrogens (tertiary/aromatic N) is 1.